The molecule has 0 saturated carbocycles. The largest absolute Gasteiger partial charge is 0.265 e. The molecule has 74 valence electrons. The van der Waals surface area contributed by atoms with Gasteiger partial charge in [-0.05, 0) is 11.0 Å². The topological polar surface area (TPSA) is 66.9 Å². The number of nitrogens with zero attached hydrogens (tertiary/aromatic N) is 2. The van der Waals surface area contributed by atoms with Gasteiger partial charge in [-0.1, -0.05) is 5.46 Å². The van der Waals surface area contributed by atoms with E-state index in [4.69, 9.17) is 5.26 Å². The second-order valence-corrected chi connectivity index (χ2v) is 3.20. The highest BCUT2D eigenvalue weighted by Gasteiger charge is 2.18. The van der Waals surface area contributed by atoms with Crippen molar-refractivity contribution in [3.05, 3.63) is 27.6 Å². The second-order valence-electron chi connectivity index (χ2n) is 3.20. The van der Waals surface area contributed by atoms with E-state index in [1.54, 1.807) is 15.7 Å². The van der Waals surface area contributed by atoms with Gasteiger partial charge in [0.25, 0.3) is 5.69 Å². The van der Waals surface area contributed by atoms with E-state index in [9.17, 15) is 14.5 Å². The second kappa shape index (κ2) is 4.13. The SMILES string of the molecule is Bc1c([N+](=O)[O-])cc(F)c(CC#N)c1B. The third-order valence-corrected chi connectivity index (χ3v) is 2.40. The molecule has 0 aliphatic rings. The molecule has 0 radical (unpaired) electrons. The number of rotatable bonds is 2. The minimum Gasteiger partial charge on any atom is -0.258 e. The quantitative estimate of drug-likeness (QED) is 0.328. The van der Waals surface area contributed by atoms with E-state index in [-0.39, 0.29) is 17.7 Å². The molecule has 1 rings (SSSR count). The Hall–Kier alpha value is -1.83. The summed E-state index contributed by atoms with van der Waals surface area (Å²) in [5.74, 6) is -0.689. The van der Waals surface area contributed by atoms with Crippen LogP contribution in [0.5, 0.6) is 0 Å². The van der Waals surface area contributed by atoms with Crippen LogP contribution in [0.25, 0.3) is 0 Å². The van der Waals surface area contributed by atoms with Gasteiger partial charge in [-0.3, -0.25) is 10.1 Å². The van der Waals surface area contributed by atoms with E-state index in [1.807, 2.05) is 6.07 Å². The number of nitro groups is 1. The number of hydrogen-bond acceptors (Lipinski definition) is 3. The minimum absolute atomic E-state index is 0.0729. The Kier molecular flexibility index (Phi) is 3.10. The number of hydrogen-bond donors (Lipinski definition) is 0. The van der Waals surface area contributed by atoms with Gasteiger partial charge >= 0.3 is 0 Å². The van der Waals surface area contributed by atoms with Crippen LogP contribution in [0.4, 0.5) is 10.1 Å². The van der Waals surface area contributed by atoms with E-state index in [1.165, 1.54) is 0 Å². The minimum atomic E-state index is -0.689. The summed E-state index contributed by atoms with van der Waals surface area (Å²) < 4.78 is 13.4. The summed E-state index contributed by atoms with van der Waals surface area (Å²) in [7, 11) is 3.13. The fourth-order valence-electron chi connectivity index (χ4n) is 1.40. The van der Waals surface area contributed by atoms with E-state index in [2.05, 4.69) is 0 Å². The summed E-state index contributed by atoms with van der Waals surface area (Å²) in [5.41, 5.74) is 0.877. The maximum Gasteiger partial charge on any atom is 0.265 e. The van der Waals surface area contributed by atoms with Crippen LogP contribution < -0.4 is 10.9 Å². The van der Waals surface area contributed by atoms with Crippen molar-refractivity contribution in [2.45, 2.75) is 6.42 Å². The first-order valence-electron chi connectivity index (χ1n) is 4.29. The molecular weight excluding hydrogens is 197 g/mol. The van der Waals surface area contributed by atoms with Gasteiger partial charge in [-0.2, -0.15) is 5.26 Å². The van der Waals surface area contributed by atoms with Crippen molar-refractivity contribution in [3.63, 3.8) is 0 Å². The first-order chi connectivity index (χ1) is 6.99. The number of halogens is 1. The predicted octanol–water partition coefficient (Wildman–Crippen LogP) is -1.68. The first kappa shape index (κ1) is 11.2. The Morgan fingerprint density at radius 3 is 2.60 bits per heavy atom. The van der Waals surface area contributed by atoms with E-state index < -0.39 is 10.7 Å². The Labute approximate surface area is 87.7 Å². The zero-order valence-corrected chi connectivity index (χ0v) is 8.37. The van der Waals surface area contributed by atoms with Gasteiger partial charge in [0.15, 0.2) is 0 Å². The van der Waals surface area contributed by atoms with Gasteiger partial charge in [0.1, 0.15) is 21.5 Å². The summed E-state index contributed by atoms with van der Waals surface area (Å²) in [6.07, 6.45) is -0.0729. The Morgan fingerprint density at radius 2 is 2.13 bits per heavy atom. The molecule has 0 spiro atoms. The Morgan fingerprint density at radius 1 is 1.53 bits per heavy atom. The fraction of sp³-hybridized carbons (Fsp3) is 0.125. The number of nitro benzene ring substituents is 1. The number of benzene rings is 1. The van der Waals surface area contributed by atoms with Crippen LogP contribution in [0.3, 0.4) is 0 Å². The zero-order chi connectivity index (χ0) is 11.6. The van der Waals surface area contributed by atoms with E-state index in [0.29, 0.717) is 10.9 Å². The molecule has 0 atom stereocenters. The Bertz CT molecular complexity index is 471. The summed E-state index contributed by atoms with van der Waals surface area (Å²) in [6, 6.07) is 2.70. The van der Waals surface area contributed by atoms with Crippen LogP contribution in [0.15, 0.2) is 6.07 Å². The molecule has 0 fully saturated rings. The lowest BCUT2D eigenvalue weighted by Gasteiger charge is -2.08. The monoisotopic (exact) mass is 204 g/mol. The van der Waals surface area contributed by atoms with Gasteiger partial charge in [-0.15, -0.1) is 0 Å². The highest BCUT2D eigenvalue weighted by molar-refractivity contribution is 6.51. The zero-order valence-electron chi connectivity index (χ0n) is 8.37. The molecule has 0 unspecified atom stereocenters. The predicted molar refractivity (Wildman–Crippen MR) is 58.7 cm³/mol. The standard InChI is InChI=1S/C8H7B2FN2O2/c9-7-4(1-2-12)5(11)3-6(8(7)10)13(14)15/h3H,1,9-10H2. The van der Waals surface area contributed by atoms with Gasteiger partial charge < -0.3 is 0 Å². The molecule has 0 amide bonds. The molecule has 0 aliphatic carbocycles. The fourth-order valence-corrected chi connectivity index (χ4v) is 1.40. The van der Waals surface area contributed by atoms with E-state index in [0.717, 1.165) is 6.07 Å². The van der Waals surface area contributed by atoms with Crippen LogP contribution >= 0.6 is 0 Å². The van der Waals surface area contributed by atoms with Crippen molar-refractivity contribution in [1.82, 2.24) is 0 Å². The summed E-state index contributed by atoms with van der Waals surface area (Å²) in [6.45, 7) is 0. The molecule has 0 aromatic heterocycles. The molecule has 0 saturated heterocycles. The van der Waals surface area contributed by atoms with Crippen LogP contribution in [0.2, 0.25) is 0 Å². The molecule has 0 bridgehead atoms. The molecule has 0 aliphatic heterocycles. The average molecular weight is 204 g/mol. The van der Waals surface area contributed by atoms with Crippen LogP contribution in [0.1, 0.15) is 5.56 Å². The lowest BCUT2D eigenvalue weighted by atomic mass is 9.76. The first-order valence-corrected chi connectivity index (χ1v) is 4.29. The van der Waals surface area contributed by atoms with Gasteiger partial charge in [0.2, 0.25) is 0 Å². The molecule has 1 aromatic rings. The van der Waals surface area contributed by atoms with Crippen LogP contribution in [-0.2, 0) is 6.42 Å². The molecular formula is C8H7B2FN2O2. The van der Waals surface area contributed by atoms with Crippen LogP contribution in [0, 0.1) is 27.3 Å². The normalized spacial score (nSPS) is 9.60. The highest BCUT2D eigenvalue weighted by atomic mass is 19.1. The van der Waals surface area contributed by atoms with Crippen molar-refractivity contribution in [2.75, 3.05) is 0 Å². The lowest BCUT2D eigenvalue weighted by Crippen LogP contribution is -2.32. The molecule has 0 N–H and O–H groups in total. The molecule has 1 aromatic carbocycles. The third-order valence-electron chi connectivity index (χ3n) is 2.40. The van der Waals surface area contributed by atoms with Gasteiger partial charge in [-0.25, -0.2) is 4.39 Å². The average Bonchev–Trinajstić information content (AvgIpc) is 2.18. The summed E-state index contributed by atoms with van der Waals surface area (Å²) in [4.78, 5) is 9.95. The summed E-state index contributed by atoms with van der Waals surface area (Å²) >= 11 is 0. The van der Waals surface area contributed by atoms with Crippen LogP contribution in [-0.4, -0.2) is 20.6 Å². The van der Waals surface area contributed by atoms with Crippen molar-refractivity contribution in [1.29, 1.82) is 5.26 Å². The molecule has 4 nitrogen and oxygen atoms in total. The highest BCUT2D eigenvalue weighted by Crippen LogP contribution is 2.12. The van der Waals surface area contributed by atoms with Crippen molar-refractivity contribution < 1.29 is 9.31 Å². The summed E-state index contributed by atoms with van der Waals surface area (Å²) in [5, 5.41) is 19.1. The maximum absolute atomic E-state index is 13.4. The van der Waals surface area contributed by atoms with Crippen molar-refractivity contribution in [2.24, 2.45) is 0 Å². The number of nitriles is 1. The third kappa shape index (κ3) is 1.99. The molecule has 0 heterocycles. The van der Waals surface area contributed by atoms with Gasteiger partial charge in [0.05, 0.1) is 23.5 Å². The molecule has 15 heavy (non-hydrogen) atoms. The smallest absolute Gasteiger partial charge is 0.258 e. The van der Waals surface area contributed by atoms with Gasteiger partial charge in [0, 0.05) is 0 Å². The van der Waals surface area contributed by atoms with Crippen molar-refractivity contribution in [3.8, 4) is 6.07 Å². The maximum atomic E-state index is 13.4. The van der Waals surface area contributed by atoms with Crippen molar-refractivity contribution >= 4 is 32.3 Å². The Balaban J connectivity index is 3.45. The lowest BCUT2D eigenvalue weighted by molar-refractivity contribution is -0.383. The van der Waals surface area contributed by atoms with E-state index >= 15 is 0 Å². The molecule has 7 heteroatoms.